The number of hydrogen-bond donors (Lipinski definition) is 2. The fourth-order valence-electron chi connectivity index (χ4n) is 2.13. The summed E-state index contributed by atoms with van der Waals surface area (Å²) in [5.41, 5.74) is 2.12. The number of amides is 2. The third-order valence-corrected chi connectivity index (χ3v) is 3.68. The lowest BCUT2D eigenvalue weighted by Gasteiger charge is -2.12. The molecule has 2 rings (SSSR count). The number of para-hydroxylation sites is 1. The zero-order chi connectivity index (χ0) is 17.4. The molecule has 122 valence electrons. The molecule has 0 aromatic heterocycles. The summed E-state index contributed by atoms with van der Waals surface area (Å²) in [6.45, 7) is 0.239. The minimum absolute atomic E-state index is 0.162. The number of carbonyl (C=O) groups excluding carboxylic acids is 2. The summed E-state index contributed by atoms with van der Waals surface area (Å²) in [7, 11) is 0. The summed E-state index contributed by atoms with van der Waals surface area (Å²) in [6.07, 6.45) is -0.0319. The Balaban J connectivity index is 2.02. The number of rotatable bonds is 6. The smallest absolute Gasteiger partial charge is 0.234 e. The maximum Gasteiger partial charge on any atom is 0.234 e. The first-order valence-electron chi connectivity index (χ1n) is 7.35. The molecule has 2 aromatic carbocycles. The van der Waals surface area contributed by atoms with Gasteiger partial charge >= 0.3 is 0 Å². The quantitative estimate of drug-likeness (QED) is 0.847. The fraction of sp³-hybridized carbons (Fsp3) is 0.167. The number of benzene rings is 2. The molecule has 0 radical (unpaired) electrons. The molecule has 0 fully saturated rings. The van der Waals surface area contributed by atoms with Crippen molar-refractivity contribution in [2.75, 3.05) is 5.32 Å². The van der Waals surface area contributed by atoms with Gasteiger partial charge in [-0.15, -0.1) is 0 Å². The van der Waals surface area contributed by atoms with Gasteiger partial charge < -0.3 is 10.6 Å². The van der Waals surface area contributed by atoms with Crippen molar-refractivity contribution >= 4 is 29.1 Å². The largest absolute Gasteiger partial charge is 0.351 e. The zero-order valence-corrected chi connectivity index (χ0v) is 13.6. The van der Waals surface area contributed by atoms with Crippen molar-refractivity contribution < 1.29 is 9.59 Å². The third kappa shape index (κ3) is 5.11. The van der Waals surface area contributed by atoms with E-state index >= 15 is 0 Å². The lowest BCUT2D eigenvalue weighted by Crippen LogP contribution is -2.23. The molecule has 0 spiro atoms. The molecule has 0 saturated carbocycles. The van der Waals surface area contributed by atoms with Crippen molar-refractivity contribution in [2.45, 2.75) is 19.4 Å². The van der Waals surface area contributed by atoms with E-state index in [1.807, 2.05) is 18.2 Å². The Morgan fingerprint density at radius 1 is 1.00 bits per heavy atom. The topological polar surface area (TPSA) is 82.0 Å². The van der Waals surface area contributed by atoms with Gasteiger partial charge in [0.05, 0.1) is 12.5 Å². The summed E-state index contributed by atoms with van der Waals surface area (Å²) in [5.74, 6) is -0.548. The van der Waals surface area contributed by atoms with Crippen molar-refractivity contribution in [3.05, 3.63) is 64.7 Å². The highest BCUT2D eigenvalue weighted by atomic mass is 35.5. The number of nitriles is 1. The first-order valence-corrected chi connectivity index (χ1v) is 7.72. The average Bonchev–Trinajstić information content (AvgIpc) is 2.56. The van der Waals surface area contributed by atoms with Crippen molar-refractivity contribution in [3.63, 3.8) is 0 Å². The van der Waals surface area contributed by atoms with Crippen LogP contribution in [0.2, 0.25) is 5.02 Å². The molecular weight excluding hydrogens is 326 g/mol. The van der Waals surface area contributed by atoms with Gasteiger partial charge in [-0.1, -0.05) is 48.0 Å². The summed E-state index contributed by atoms with van der Waals surface area (Å²) in [5, 5.41) is 14.5. The van der Waals surface area contributed by atoms with Crippen LogP contribution in [-0.2, 0) is 22.6 Å². The van der Waals surface area contributed by atoms with Crippen molar-refractivity contribution in [2.24, 2.45) is 0 Å². The molecule has 0 unspecified atom stereocenters. The molecule has 0 bridgehead atoms. The Kier molecular flexibility index (Phi) is 6.35. The van der Waals surface area contributed by atoms with Gasteiger partial charge in [-0.05, 0) is 23.3 Å². The third-order valence-electron chi connectivity index (χ3n) is 3.32. The van der Waals surface area contributed by atoms with Gasteiger partial charge in [0.25, 0.3) is 0 Å². The summed E-state index contributed by atoms with van der Waals surface area (Å²) < 4.78 is 0. The van der Waals surface area contributed by atoms with E-state index in [0.717, 1.165) is 11.1 Å². The van der Waals surface area contributed by atoms with Gasteiger partial charge in [0.15, 0.2) is 0 Å². The molecule has 0 aliphatic heterocycles. The van der Waals surface area contributed by atoms with Crippen LogP contribution >= 0.6 is 11.6 Å². The molecule has 2 N–H and O–H groups in total. The van der Waals surface area contributed by atoms with Crippen molar-refractivity contribution in [1.82, 2.24) is 5.32 Å². The van der Waals surface area contributed by atoms with Crippen LogP contribution in [0.25, 0.3) is 0 Å². The minimum Gasteiger partial charge on any atom is -0.351 e. The highest BCUT2D eigenvalue weighted by Crippen LogP contribution is 2.18. The van der Waals surface area contributed by atoms with Crippen LogP contribution < -0.4 is 10.6 Å². The maximum absolute atomic E-state index is 12.2. The molecular formula is C18H16ClN3O2. The van der Waals surface area contributed by atoms with Crippen LogP contribution in [0.1, 0.15) is 17.5 Å². The second-order valence-corrected chi connectivity index (χ2v) is 5.49. The number of carbonyl (C=O) groups is 2. The van der Waals surface area contributed by atoms with Crippen molar-refractivity contribution in [3.8, 4) is 6.07 Å². The number of anilines is 1. The second-order valence-electron chi connectivity index (χ2n) is 5.09. The van der Waals surface area contributed by atoms with E-state index in [4.69, 9.17) is 16.9 Å². The molecule has 0 atom stereocenters. The molecule has 0 aliphatic rings. The minimum atomic E-state index is -0.352. The van der Waals surface area contributed by atoms with Gasteiger partial charge in [-0.25, -0.2) is 0 Å². The van der Waals surface area contributed by atoms with E-state index in [2.05, 4.69) is 10.6 Å². The van der Waals surface area contributed by atoms with Crippen LogP contribution in [-0.4, -0.2) is 11.8 Å². The molecule has 2 amide bonds. The van der Waals surface area contributed by atoms with Gasteiger partial charge in [0.1, 0.15) is 6.42 Å². The normalized spacial score (nSPS) is 9.83. The molecule has 24 heavy (non-hydrogen) atoms. The Labute approximate surface area is 145 Å². The van der Waals surface area contributed by atoms with Gasteiger partial charge in [0, 0.05) is 17.3 Å². The number of nitrogens with one attached hydrogen (secondary N) is 2. The first-order chi connectivity index (χ1) is 11.6. The standard InChI is InChI=1S/C18H16ClN3O2/c19-15-7-3-1-5-13(15)11-18(24)22-16-8-4-2-6-14(16)12-21-17(23)9-10-20/h1-8H,9,11-12H2,(H,21,23)(H,22,24). The van der Waals surface area contributed by atoms with Crippen LogP contribution in [0.5, 0.6) is 0 Å². The van der Waals surface area contributed by atoms with E-state index in [-0.39, 0.29) is 31.2 Å². The van der Waals surface area contributed by atoms with E-state index in [0.29, 0.717) is 10.7 Å². The lowest BCUT2D eigenvalue weighted by atomic mass is 10.1. The van der Waals surface area contributed by atoms with Crippen molar-refractivity contribution in [1.29, 1.82) is 5.26 Å². The highest BCUT2D eigenvalue weighted by Gasteiger charge is 2.10. The number of nitrogens with zero attached hydrogens (tertiary/aromatic N) is 1. The monoisotopic (exact) mass is 341 g/mol. The fourth-order valence-corrected chi connectivity index (χ4v) is 2.34. The number of halogens is 1. The van der Waals surface area contributed by atoms with Crippen LogP contribution in [0.3, 0.4) is 0 Å². The molecule has 0 aliphatic carbocycles. The van der Waals surface area contributed by atoms with E-state index < -0.39 is 0 Å². The molecule has 5 nitrogen and oxygen atoms in total. The maximum atomic E-state index is 12.2. The number of hydrogen-bond acceptors (Lipinski definition) is 3. The van der Waals surface area contributed by atoms with E-state index in [1.54, 1.807) is 36.4 Å². The Bertz CT molecular complexity index is 784. The predicted octanol–water partition coefficient (Wildman–Crippen LogP) is 3.05. The summed E-state index contributed by atoms with van der Waals surface area (Å²) in [6, 6.07) is 16.1. The van der Waals surface area contributed by atoms with E-state index in [9.17, 15) is 9.59 Å². The van der Waals surface area contributed by atoms with Gasteiger partial charge in [0.2, 0.25) is 11.8 Å². The molecule has 0 heterocycles. The SMILES string of the molecule is N#CCC(=O)NCc1ccccc1NC(=O)Cc1ccccc1Cl. The Hall–Kier alpha value is -2.84. The zero-order valence-electron chi connectivity index (χ0n) is 12.9. The first kappa shape index (κ1) is 17.5. The molecule has 2 aromatic rings. The van der Waals surface area contributed by atoms with Crippen LogP contribution in [0.4, 0.5) is 5.69 Å². The molecule has 0 saturated heterocycles. The molecule has 6 heteroatoms. The van der Waals surface area contributed by atoms with E-state index in [1.165, 1.54) is 0 Å². The highest BCUT2D eigenvalue weighted by molar-refractivity contribution is 6.31. The Morgan fingerprint density at radius 3 is 2.38 bits per heavy atom. The average molecular weight is 342 g/mol. The Morgan fingerprint density at radius 2 is 1.67 bits per heavy atom. The summed E-state index contributed by atoms with van der Waals surface area (Å²) >= 11 is 6.06. The van der Waals surface area contributed by atoms with Gasteiger partial charge in [-0.2, -0.15) is 5.26 Å². The van der Waals surface area contributed by atoms with Crippen LogP contribution in [0, 0.1) is 11.3 Å². The summed E-state index contributed by atoms with van der Waals surface area (Å²) in [4.78, 5) is 23.6. The predicted molar refractivity (Wildman–Crippen MR) is 92.3 cm³/mol. The second kappa shape index (κ2) is 8.70. The lowest BCUT2D eigenvalue weighted by molar-refractivity contribution is -0.120. The van der Waals surface area contributed by atoms with Crippen LogP contribution in [0.15, 0.2) is 48.5 Å². The van der Waals surface area contributed by atoms with Gasteiger partial charge in [-0.3, -0.25) is 9.59 Å².